The first-order valence-electron chi connectivity index (χ1n) is 9.79. The highest BCUT2D eigenvalue weighted by Crippen LogP contribution is 2.14. The maximum absolute atomic E-state index is 11.8. The van der Waals surface area contributed by atoms with Gasteiger partial charge in [-0.05, 0) is 57.1 Å². The molecule has 10 heteroatoms. The van der Waals surface area contributed by atoms with Crippen LogP contribution >= 0.6 is 0 Å². The third-order valence-corrected chi connectivity index (χ3v) is 3.79. The molecule has 1 unspecified atom stereocenters. The van der Waals surface area contributed by atoms with E-state index in [1.54, 1.807) is 32.2 Å². The van der Waals surface area contributed by atoms with Crippen LogP contribution in [0.4, 0.5) is 5.69 Å². The van der Waals surface area contributed by atoms with Crippen LogP contribution in [0.25, 0.3) is 0 Å². The summed E-state index contributed by atoms with van der Waals surface area (Å²) in [5.41, 5.74) is 16.8. The highest BCUT2D eigenvalue weighted by Gasteiger charge is 2.11. The number of aliphatic imine (C=N–C) groups is 1. The molecule has 0 spiro atoms. The Morgan fingerprint density at radius 2 is 1.74 bits per heavy atom. The molecule has 0 radical (unpaired) electrons. The third-order valence-electron chi connectivity index (χ3n) is 3.79. The summed E-state index contributed by atoms with van der Waals surface area (Å²) in [4.78, 5) is 34.5. The largest absolute Gasteiger partial charge is 0.511 e. The molecule has 1 rings (SSSR count). The van der Waals surface area contributed by atoms with Gasteiger partial charge in [0.2, 0.25) is 11.8 Å². The van der Waals surface area contributed by atoms with Crippen LogP contribution in [0.1, 0.15) is 38.7 Å². The molecule has 1 atom stereocenters. The Labute approximate surface area is 184 Å². The Hall–Kier alpha value is -3.24. The summed E-state index contributed by atoms with van der Waals surface area (Å²) in [6, 6.07) is 7.11. The van der Waals surface area contributed by atoms with E-state index in [4.69, 9.17) is 22.0 Å². The molecule has 0 fully saturated rings. The first kappa shape index (κ1) is 30.0. The number of carbonyl (C=O) groups is 3. The lowest BCUT2D eigenvalue weighted by atomic mass is 10.0. The lowest BCUT2D eigenvalue weighted by molar-refractivity contribution is -0.122. The number of anilines is 1. The third kappa shape index (κ3) is 15.3. The highest BCUT2D eigenvalue weighted by molar-refractivity contribution is 5.96. The molecule has 0 bridgehead atoms. The Morgan fingerprint density at radius 3 is 2.16 bits per heavy atom. The van der Waals surface area contributed by atoms with Gasteiger partial charge in [0, 0.05) is 18.5 Å². The number of aliphatic hydroxyl groups excluding tert-OH is 1. The van der Waals surface area contributed by atoms with E-state index in [-0.39, 0.29) is 36.5 Å². The minimum atomic E-state index is -0.535. The molecule has 1 aromatic rings. The van der Waals surface area contributed by atoms with Gasteiger partial charge >= 0.3 is 0 Å². The minimum absolute atomic E-state index is 0.00559. The molecule has 0 aliphatic heterocycles. The lowest BCUT2D eigenvalue weighted by Gasteiger charge is -2.15. The molecule has 0 aliphatic carbocycles. The molecule has 0 aliphatic rings. The van der Waals surface area contributed by atoms with E-state index in [1.807, 2.05) is 18.9 Å². The van der Waals surface area contributed by atoms with Crippen molar-refractivity contribution in [2.75, 3.05) is 18.9 Å². The average molecular weight is 437 g/mol. The summed E-state index contributed by atoms with van der Waals surface area (Å²) in [5, 5.41) is 15.5. The number of allylic oxidation sites excluding steroid dienone is 1. The van der Waals surface area contributed by atoms with E-state index >= 15 is 0 Å². The Bertz CT molecular complexity index is 698. The van der Waals surface area contributed by atoms with Crippen molar-refractivity contribution in [2.24, 2.45) is 22.2 Å². The SMILES string of the molecule is C=O.CC=C(O)C(Cc1ccc(NC(=O)CCC(=O)N=C(N)N)cc1)NC.CCCN. The van der Waals surface area contributed by atoms with E-state index in [1.165, 1.54) is 0 Å². The van der Waals surface area contributed by atoms with Gasteiger partial charge in [0.25, 0.3) is 0 Å². The predicted octanol–water partition coefficient (Wildman–Crippen LogP) is 0.968. The second-order valence-electron chi connectivity index (χ2n) is 6.22. The first-order valence-corrected chi connectivity index (χ1v) is 9.79. The van der Waals surface area contributed by atoms with Crippen LogP contribution in [-0.4, -0.2) is 49.3 Å². The quantitative estimate of drug-likeness (QED) is 0.188. The number of guanidine groups is 1. The highest BCUT2D eigenvalue weighted by atomic mass is 16.3. The number of nitrogens with zero attached hydrogens (tertiary/aromatic N) is 1. The molecular formula is C21H36N6O4. The number of hydrogen-bond acceptors (Lipinski definition) is 6. The number of rotatable bonds is 9. The molecule has 10 nitrogen and oxygen atoms in total. The van der Waals surface area contributed by atoms with Crippen molar-refractivity contribution >= 4 is 30.3 Å². The smallest absolute Gasteiger partial charge is 0.249 e. The summed E-state index contributed by atoms with van der Waals surface area (Å²) >= 11 is 0. The van der Waals surface area contributed by atoms with Gasteiger partial charge < -0.3 is 37.7 Å². The number of nitrogens with two attached hydrogens (primary N) is 3. The molecule has 31 heavy (non-hydrogen) atoms. The molecule has 2 amide bonds. The second kappa shape index (κ2) is 18.8. The van der Waals surface area contributed by atoms with Crippen molar-refractivity contribution < 1.29 is 19.5 Å². The van der Waals surface area contributed by atoms with Gasteiger partial charge in [0.15, 0.2) is 5.96 Å². The number of hydrogen-bond donors (Lipinski definition) is 6. The van der Waals surface area contributed by atoms with Crippen LogP contribution in [0.15, 0.2) is 41.1 Å². The van der Waals surface area contributed by atoms with Crippen molar-refractivity contribution in [1.82, 2.24) is 5.32 Å². The number of aliphatic hydroxyl groups is 1. The summed E-state index contributed by atoms with van der Waals surface area (Å²) in [7, 11) is 1.78. The van der Waals surface area contributed by atoms with Gasteiger partial charge in [-0.3, -0.25) is 9.59 Å². The van der Waals surface area contributed by atoms with Crippen LogP contribution in [0, 0.1) is 0 Å². The van der Waals surface area contributed by atoms with Gasteiger partial charge in [-0.25, -0.2) is 0 Å². The Kier molecular flexibility index (Phi) is 18.1. The zero-order valence-corrected chi connectivity index (χ0v) is 18.6. The summed E-state index contributed by atoms with van der Waals surface area (Å²) in [5.74, 6) is -0.867. The van der Waals surface area contributed by atoms with Gasteiger partial charge in [0.1, 0.15) is 12.5 Å². The van der Waals surface area contributed by atoms with E-state index in [2.05, 4.69) is 22.5 Å². The zero-order chi connectivity index (χ0) is 24.2. The maximum atomic E-state index is 11.8. The zero-order valence-electron chi connectivity index (χ0n) is 18.6. The van der Waals surface area contributed by atoms with Gasteiger partial charge in [-0.2, -0.15) is 4.99 Å². The fraction of sp³-hybridized carbons (Fsp3) is 0.429. The van der Waals surface area contributed by atoms with E-state index in [0.29, 0.717) is 12.1 Å². The van der Waals surface area contributed by atoms with Crippen molar-refractivity contribution in [2.45, 2.75) is 45.6 Å². The van der Waals surface area contributed by atoms with Crippen LogP contribution in [0.5, 0.6) is 0 Å². The lowest BCUT2D eigenvalue weighted by Crippen LogP contribution is -2.29. The standard InChI is InChI=1S/C17H25N5O3.C3H9N.CH2O/c1-3-14(23)13(20-2)10-11-4-6-12(7-5-11)21-15(24)8-9-16(25)22-17(18)19;1-2-3-4;1-2/h3-7,13,20,23H,8-10H2,1-2H3,(H,21,24)(H4,18,19,22,25);2-4H2,1H3;1H2. The van der Waals surface area contributed by atoms with E-state index in [0.717, 1.165) is 18.5 Å². The van der Waals surface area contributed by atoms with Crippen LogP contribution in [-0.2, 0) is 20.8 Å². The Morgan fingerprint density at radius 1 is 1.19 bits per heavy atom. The van der Waals surface area contributed by atoms with E-state index < -0.39 is 5.91 Å². The van der Waals surface area contributed by atoms with Crippen molar-refractivity contribution in [3.05, 3.63) is 41.7 Å². The van der Waals surface area contributed by atoms with Crippen molar-refractivity contribution in [3.63, 3.8) is 0 Å². The van der Waals surface area contributed by atoms with E-state index in [9.17, 15) is 14.7 Å². The van der Waals surface area contributed by atoms with Gasteiger partial charge in [-0.15, -0.1) is 0 Å². The maximum Gasteiger partial charge on any atom is 0.249 e. The number of carbonyl (C=O) groups excluding carboxylic acids is 3. The summed E-state index contributed by atoms with van der Waals surface area (Å²) < 4.78 is 0. The topological polar surface area (TPSA) is 186 Å². The normalized spacial score (nSPS) is 11.0. The average Bonchev–Trinajstić information content (AvgIpc) is 2.77. The molecule has 9 N–H and O–H groups in total. The van der Waals surface area contributed by atoms with Crippen LogP contribution in [0.2, 0.25) is 0 Å². The van der Waals surface area contributed by atoms with Gasteiger partial charge in [-0.1, -0.05) is 19.1 Å². The van der Waals surface area contributed by atoms with Crippen molar-refractivity contribution in [3.8, 4) is 0 Å². The number of amides is 2. The molecule has 1 aromatic carbocycles. The second-order valence-corrected chi connectivity index (χ2v) is 6.22. The fourth-order valence-electron chi connectivity index (χ4n) is 2.16. The minimum Gasteiger partial charge on any atom is -0.511 e. The predicted molar refractivity (Wildman–Crippen MR) is 125 cm³/mol. The number of nitrogens with one attached hydrogen (secondary N) is 2. The summed E-state index contributed by atoms with van der Waals surface area (Å²) in [6.07, 6.45) is 3.30. The molecule has 0 saturated heterocycles. The molecule has 0 saturated carbocycles. The van der Waals surface area contributed by atoms with Gasteiger partial charge in [0.05, 0.1) is 6.04 Å². The summed E-state index contributed by atoms with van der Waals surface area (Å²) in [6.45, 7) is 6.65. The Balaban J connectivity index is 0. The monoisotopic (exact) mass is 436 g/mol. The van der Waals surface area contributed by atoms with Crippen LogP contribution < -0.4 is 27.8 Å². The molecule has 0 aromatic heterocycles. The van der Waals surface area contributed by atoms with Crippen molar-refractivity contribution in [1.29, 1.82) is 0 Å². The fourth-order valence-corrected chi connectivity index (χ4v) is 2.16. The molecule has 174 valence electrons. The van der Waals surface area contributed by atoms with Crippen LogP contribution in [0.3, 0.4) is 0 Å². The number of likely N-dealkylation sites (N-methyl/N-ethyl adjacent to an activating group) is 1. The molecule has 0 heterocycles. The number of benzene rings is 1. The first-order chi connectivity index (χ1) is 14.8. The molecular weight excluding hydrogens is 400 g/mol.